The molecule has 0 aliphatic heterocycles. The van der Waals surface area contributed by atoms with Crippen molar-refractivity contribution in [2.75, 3.05) is 7.11 Å². The SMILES string of the molecule is COC(=O)C1CCc2c(Br)cccc2C1O. The molecule has 16 heavy (non-hydrogen) atoms. The van der Waals surface area contributed by atoms with E-state index in [-0.39, 0.29) is 5.97 Å². The second kappa shape index (κ2) is 4.55. The van der Waals surface area contributed by atoms with Gasteiger partial charge in [0.05, 0.1) is 19.1 Å². The minimum atomic E-state index is -0.756. The number of benzene rings is 1. The van der Waals surface area contributed by atoms with Crippen molar-refractivity contribution < 1.29 is 14.6 Å². The zero-order valence-electron chi connectivity index (χ0n) is 8.94. The standard InChI is InChI=1S/C12H13BrO3/c1-16-12(15)9-6-5-7-8(11(9)14)3-2-4-10(7)13/h2-4,9,11,14H,5-6H2,1H3. The van der Waals surface area contributed by atoms with Crippen LogP contribution in [0, 0.1) is 5.92 Å². The van der Waals surface area contributed by atoms with E-state index < -0.39 is 12.0 Å². The number of hydrogen-bond acceptors (Lipinski definition) is 3. The third-order valence-electron chi connectivity index (χ3n) is 3.06. The molecule has 2 atom stereocenters. The molecule has 0 spiro atoms. The van der Waals surface area contributed by atoms with Crippen LogP contribution in [0.4, 0.5) is 0 Å². The molecule has 1 aromatic carbocycles. The van der Waals surface area contributed by atoms with Crippen LogP contribution < -0.4 is 0 Å². The number of aliphatic hydroxyl groups excluding tert-OH is 1. The molecule has 86 valence electrons. The Hall–Kier alpha value is -0.870. The summed E-state index contributed by atoms with van der Waals surface area (Å²) in [5.41, 5.74) is 1.92. The molecule has 0 fully saturated rings. The van der Waals surface area contributed by atoms with E-state index in [1.807, 2.05) is 18.2 Å². The molecule has 0 radical (unpaired) electrons. The van der Waals surface area contributed by atoms with Crippen molar-refractivity contribution in [2.24, 2.45) is 5.92 Å². The normalized spacial score (nSPS) is 23.7. The highest BCUT2D eigenvalue weighted by atomic mass is 79.9. The Labute approximate surface area is 103 Å². The van der Waals surface area contributed by atoms with E-state index in [4.69, 9.17) is 4.74 Å². The monoisotopic (exact) mass is 284 g/mol. The summed E-state index contributed by atoms with van der Waals surface area (Å²) in [5, 5.41) is 10.1. The van der Waals surface area contributed by atoms with Crippen molar-refractivity contribution in [3.8, 4) is 0 Å². The summed E-state index contributed by atoms with van der Waals surface area (Å²) in [7, 11) is 1.35. The molecule has 1 aliphatic carbocycles. The summed E-state index contributed by atoms with van der Waals surface area (Å²) in [5.74, 6) is -0.773. The highest BCUT2D eigenvalue weighted by Crippen LogP contribution is 2.38. The fourth-order valence-corrected chi connectivity index (χ4v) is 2.77. The Morgan fingerprint density at radius 1 is 1.56 bits per heavy atom. The molecule has 0 saturated heterocycles. The third kappa shape index (κ3) is 1.87. The van der Waals surface area contributed by atoms with Gasteiger partial charge < -0.3 is 9.84 Å². The largest absolute Gasteiger partial charge is 0.469 e. The Kier molecular flexibility index (Phi) is 3.30. The first-order valence-corrected chi connectivity index (χ1v) is 5.97. The Morgan fingerprint density at radius 3 is 3.00 bits per heavy atom. The average Bonchev–Trinajstić information content (AvgIpc) is 2.30. The Balaban J connectivity index is 2.36. The van der Waals surface area contributed by atoms with Gasteiger partial charge in [-0.2, -0.15) is 0 Å². The fourth-order valence-electron chi connectivity index (χ4n) is 2.19. The van der Waals surface area contributed by atoms with Crippen LogP contribution in [0.5, 0.6) is 0 Å². The van der Waals surface area contributed by atoms with Crippen LogP contribution in [0.2, 0.25) is 0 Å². The maximum absolute atomic E-state index is 11.5. The number of carbonyl (C=O) groups excluding carboxylic acids is 1. The number of fused-ring (bicyclic) bond motifs is 1. The maximum Gasteiger partial charge on any atom is 0.311 e. The van der Waals surface area contributed by atoms with Gasteiger partial charge in [-0.15, -0.1) is 0 Å². The molecule has 4 heteroatoms. The van der Waals surface area contributed by atoms with Crippen LogP contribution in [0.25, 0.3) is 0 Å². The number of carbonyl (C=O) groups is 1. The molecule has 2 unspecified atom stereocenters. The first-order chi connectivity index (χ1) is 7.65. The van der Waals surface area contributed by atoms with Gasteiger partial charge in [-0.1, -0.05) is 28.1 Å². The van der Waals surface area contributed by atoms with Crippen LogP contribution in [0.1, 0.15) is 23.7 Å². The third-order valence-corrected chi connectivity index (χ3v) is 3.81. The van der Waals surface area contributed by atoms with Gasteiger partial charge in [-0.05, 0) is 30.0 Å². The van der Waals surface area contributed by atoms with Crippen molar-refractivity contribution in [1.82, 2.24) is 0 Å². The molecule has 1 aliphatic rings. The van der Waals surface area contributed by atoms with Gasteiger partial charge >= 0.3 is 5.97 Å². The predicted molar refractivity (Wildman–Crippen MR) is 62.9 cm³/mol. The smallest absolute Gasteiger partial charge is 0.311 e. The van der Waals surface area contributed by atoms with Gasteiger partial charge in [-0.25, -0.2) is 0 Å². The highest BCUT2D eigenvalue weighted by Gasteiger charge is 2.34. The number of rotatable bonds is 1. The van der Waals surface area contributed by atoms with E-state index in [0.717, 1.165) is 22.0 Å². The summed E-state index contributed by atoms with van der Waals surface area (Å²) in [6.45, 7) is 0. The van der Waals surface area contributed by atoms with Crippen LogP contribution in [0.3, 0.4) is 0 Å². The van der Waals surface area contributed by atoms with Crippen molar-refractivity contribution in [2.45, 2.75) is 18.9 Å². The number of methoxy groups -OCH3 is 1. The molecular formula is C12H13BrO3. The molecule has 0 heterocycles. The lowest BCUT2D eigenvalue weighted by atomic mass is 9.81. The lowest BCUT2D eigenvalue weighted by Crippen LogP contribution is -2.28. The van der Waals surface area contributed by atoms with Crippen molar-refractivity contribution in [3.63, 3.8) is 0 Å². The van der Waals surface area contributed by atoms with Crippen LogP contribution >= 0.6 is 15.9 Å². The van der Waals surface area contributed by atoms with Gasteiger partial charge in [0.25, 0.3) is 0 Å². The first kappa shape index (κ1) is 11.6. The van der Waals surface area contributed by atoms with Crippen LogP contribution in [0.15, 0.2) is 22.7 Å². The average molecular weight is 285 g/mol. The predicted octanol–water partition coefficient (Wildman–Crippen LogP) is 2.22. The second-order valence-electron chi connectivity index (χ2n) is 3.92. The highest BCUT2D eigenvalue weighted by molar-refractivity contribution is 9.10. The van der Waals surface area contributed by atoms with E-state index in [9.17, 15) is 9.90 Å². The quantitative estimate of drug-likeness (QED) is 0.805. The summed E-state index contributed by atoms with van der Waals surface area (Å²) in [6, 6.07) is 5.68. The molecule has 0 aromatic heterocycles. The Morgan fingerprint density at radius 2 is 2.31 bits per heavy atom. The number of esters is 1. The lowest BCUT2D eigenvalue weighted by molar-refractivity contribution is -0.150. The first-order valence-electron chi connectivity index (χ1n) is 5.18. The molecule has 1 N–H and O–H groups in total. The van der Waals surface area contributed by atoms with Crippen molar-refractivity contribution in [1.29, 1.82) is 0 Å². The molecule has 0 bridgehead atoms. The summed E-state index contributed by atoms with van der Waals surface area (Å²) < 4.78 is 5.69. The fraction of sp³-hybridized carbons (Fsp3) is 0.417. The number of halogens is 1. The van der Waals surface area contributed by atoms with Crippen molar-refractivity contribution >= 4 is 21.9 Å². The van der Waals surface area contributed by atoms with Gasteiger partial charge in [0.2, 0.25) is 0 Å². The minimum absolute atomic E-state index is 0.335. The number of hydrogen-bond donors (Lipinski definition) is 1. The van der Waals surface area contributed by atoms with Crippen LogP contribution in [-0.2, 0) is 16.0 Å². The maximum atomic E-state index is 11.5. The van der Waals surface area contributed by atoms with Crippen molar-refractivity contribution in [3.05, 3.63) is 33.8 Å². The second-order valence-corrected chi connectivity index (χ2v) is 4.78. The molecule has 1 aromatic rings. The minimum Gasteiger partial charge on any atom is -0.469 e. The molecule has 2 rings (SSSR count). The van der Waals surface area contributed by atoms with Crippen LogP contribution in [-0.4, -0.2) is 18.2 Å². The zero-order chi connectivity index (χ0) is 11.7. The summed E-state index contributed by atoms with van der Waals surface area (Å²) >= 11 is 3.46. The number of ether oxygens (including phenoxy) is 1. The van der Waals surface area contributed by atoms with Gasteiger partial charge in [-0.3, -0.25) is 4.79 Å². The van der Waals surface area contributed by atoms with E-state index in [1.165, 1.54) is 7.11 Å². The number of aliphatic hydroxyl groups is 1. The Bertz CT molecular complexity index is 417. The molecule has 3 nitrogen and oxygen atoms in total. The summed E-state index contributed by atoms with van der Waals surface area (Å²) in [4.78, 5) is 11.5. The van der Waals surface area contributed by atoms with Gasteiger partial charge in [0.1, 0.15) is 0 Å². The molecular weight excluding hydrogens is 272 g/mol. The molecule has 0 amide bonds. The molecule has 0 saturated carbocycles. The zero-order valence-corrected chi connectivity index (χ0v) is 10.5. The summed E-state index contributed by atoms with van der Waals surface area (Å²) in [6.07, 6.45) is 0.658. The van der Waals surface area contributed by atoms with Gasteiger partial charge in [0, 0.05) is 4.47 Å². The van der Waals surface area contributed by atoms with Gasteiger partial charge in [0.15, 0.2) is 0 Å². The van der Waals surface area contributed by atoms with E-state index >= 15 is 0 Å². The van der Waals surface area contributed by atoms with E-state index in [0.29, 0.717) is 6.42 Å². The van der Waals surface area contributed by atoms with E-state index in [2.05, 4.69) is 15.9 Å². The topological polar surface area (TPSA) is 46.5 Å². The van der Waals surface area contributed by atoms with E-state index in [1.54, 1.807) is 0 Å². The lowest BCUT2D eigenvalue weighted by Gasteiger charge is -2.28.